The summed E-state index contributed by atoms with van der Waals surface area (Å²) in [7, 11) is 0. The highest BCUT2D eigenvalue weighted by Crippen LogP contribution is 2.41. The third kappa shape index (κ3) is 1.66. The Balaban J connectivity index is 2.94. The van der Waals surface area contributed by atoms with E-state index in [1.54, 1.807) is 0 Å². The van der Waals surface area contributed by atoms with Crippen LogP contribution in [0.1, 0.15) is 19.3 Å². The molecule has 0 aromatic rings. The molecule has 0 aromatic carbocycles. The third-order valence-corrected chi connectivity index (χ3v) is 2.55. The summed E-state index contributed by atoms with van der Waals surface area (Å²) in [5.41, 5.74) is -1.13. The van der Waals surface area contributed by atoms with Gasteiger partial charge in [0.15, 0.2) is 0 Å². The van der Waals surface area contributed by atoms with Gasteiger partial charge in [0.25, 0.3) is 0 Å². The summed E-state index contributed by atoms with van der Waals surface area (Å²) in [5.74, 6) is -0.680. The van der Waals surface area contributed by atoms with Crippen molar-refractivity contribution in [3.63, 3.8) is 0 Å². The van der Waals surface area contributed by atoms with Crippen LogP contribution < -0.4 is 0 Å². The molecule has 0 aromatic heterocycles. The van der Waals surface area contributed by atoms with Gasteiger partial charge in [0.05, 0.1) is 36.1 Å². The molecule has 0 aliphatic heterocycles. The first-order valence-electron chi connectivity index (χ1n) is 4.31. The number of nitriles is 4. The van der Waals surface area contributed by atoms with Gasteiger partial charge in [-0.05, 0) is 19.3 Å². The molecule has 0 heterocycles. The smallest absolute Gasteiger partial charge is 0.146 e. The van der Waals surface area contributed by atoms with Gasteiger partial charge in [-0.2, -0.15) is 21.0 Å². The summed E-state index contributed by atoms with van der Waals surface area (Å²) in [6.07, 6.45) is 1.03. The summed E-state index contributed by atoms with van der Waals surface area (Å²) in [5, 5.41) is 35.3. The minimum Gasteiger partial charge on any atom is -0.198 e. The van der Waals surface area contributed by atoms with Crippen LogP contribution in [-0.4, -0.2) is 0 Å². The molecule has 0 amide bonds. The molecule has 1 fully saturated rings. The average molecular weight is 184 g/mol. The Hall–Kier alpha value is -2.04. The first-order valence-corrected chi connectivity index (χ1v) is 4.31. The summed E-state index contributed by atoms with van der Waals surface area (Å²) >= 11 is 0. The van der Waals surface area contributed by atoms with Crippen molar-refractivity contribution in [3.05, 3.63) is 0 Å². The fourth-order valence-electron chi connectivity index (χ4n) is 1.84. The van der Waals surface area contributed by atoms with Gasteiger partial charge < -0.3 is 0 Å². The van der Waals surface area contributed by atoms with Crippen LogP contribution in [-0.2, 0) is 0 Å². The van der Waals surface area contributed by atoms with Crippen molar-refractivity contribution in [1.29, 1.82) is 21.0 Å². The number of hydrogen-bond acceptors (Lipinski definition) is 4. The molecule has 0 N–H and O–H groups in total. The van der Waals surface area contributed by atoms with Crippen molar-refractivity contribution < 1.29 is 0 Å². The maximum absolute atomic E-state index is 8.88. The molecule has 0 spiro atoms. The summed E-state index contributed by atoms with van der Waals surface area (Å²) < 4.78 is 0. The Morgan fingerprint density at radius 3 is 1.57 bits per heavy atom. The van der Waals surface area contributed by atoms with Gasteiger partial charge in [-0.25, -0.2) is 0 Å². The molecular weight excluding hydrogens is 176 g/mol. The zero-order valence-electron chi connectivity index (χ0n) is 7.56. The highest BCUT2D eigenvalue weighted by Gasteiger charge is 2.41. The maximum atomic E-state index is 8.88. The largest absolute Gasteiger partial charge is 0.198 e. The SMILES string of the molecule is N#CC1CC(C#N)CC(C#N)(C#N)C1. The van der Waals surface area contributed by atoms with Crippen molar-refractivity contribution in [3.8, 4) is 24.3 Å². The highest BCUT2D eigenvalue weighted by atomic mass is 14.5. The monoisotopic (exact) mass is 184 g/mol. The van der Waals surface area contributed by atoms with Crippen LogP contribution in [0.4, 0.5) is 0 Å². The van der Waals surface area contributed by atoms with Crippen molar-refractivity contribution >= 4 is 0 Å². The van der Waals surface area contributed by atoms with Gasteiger partial charge >= 0.3 is 0 Å². The lowest BCUT2D eigenvalue weighted by Crippen LogP contribution is -2.30. The molecule has 2 unspecified atom stereocenters. The van der Waals surface area contributed by atoms with Gasteiger partial charge in [0, 0.05) is 0 Å². The summed E-state index contributed by atoms with van der Waals surface area (Å²) in [4.78, 5) is 0. The van der Waals surface area contributed by atoms with E-state index < -0.39 is 5.41 Å². The van der Waals surface area contributed by atoms with E-state index in [4.69, 9.17) is 21.0 Å². The fourth-order valence-corrected chi connectivity index (χ4v) is 1.84. The fraction of sp³-hybridized carbons (Fsp3) is 0.600. The molecule has 68 valence electrons. The minimum atomic E-state index is -1.13. The van der Waals surface area contributed by atoms with E-state index in [1.807, 2.05) is 24.3 Å². The standard InChI is InChI=1S/C10H8N4/c11-4-8-1-9(5-12)3-10(2-8,6-13)7-14/h8-9H,1-3H2. The average Bonchev–Trinajstić information content (AvgIpc) is 2.28. The van der Waals surface area contributed by atoms with Crippen molar-refractivity contribution in [1.82, 2.24) is 0 Å². The van der Waals surface area contributed by atoms with E-state index in [1.165, 1.54) is 0 Å². The van der Waals surface area contributed by atoms with Crippen LogP contribution >= 0.6 is 0 Å². The third-order valence-electron chi connectivity index (χ3n) is 2.55. The zero-order valence-corrected chi connectivity index (χ0v) is 7.56. The lowest BCUT2D eigenvalue weighted by Gasteiger charge is -2.29. The van der Waals surface area contributed by atoms with Crippen LogP contribution in [0.25, 0.3) is 0 Å². The van der Waals surface area contributed by atoms with Gasteiger partial charge in [-0.15, -0.1) is 0 Å². The molecule has 0 bridgehead atoms. The molecule has 0 radical (unpaired) electrons. The van der Waals surface area contributed by atoms with Gasteiger partial charge in [-0.3, -0.25) is 0 Å². The Morgan fingerprint density at radius 1 is 0.857 bits per heavy atom. The second kappa shape index (κ2) is 3.78. The van der Waals surface area contributed by atoms with Crippen LogP contribution in [0.5, 0.6) is 0 Å². The molecule has 14 heavy (non-hydrogen) atoms. The Kier molecular flexibility index (Phi) is 2.71. The maximum Gasteiger partial charge on any atom is 0.146 e. The topological polar surface area (TPSA) is 95.2 Å². The molecule has 4 nitrogen and oxygen atoms in total. The van der Waals surface area contributed by atoms with E-state index in [0.717, 1.165) is 0 Å². The molecule has 0 saturated heterocycles. The summed E-state index contributed by atoms with van der Waals surface area (Å²) in [6, 6.07) is 7.94. The highest BCUT2D eigenvalue weighted by molar-refractivity contribution is 5.19. The Morgan fingerprint density at radius 2 is 1.29 bits per heavy atom. The first kappa shape index (κ1) is 10.0. The van der Waals surface area contributed by atoms with Crippen molar-refractivity contribution in [2.24, 2.45) is 17.3 Å². The van der Waals surface area contributed by atoms with Gasteiger partial charge in [0.1, 0.15) is 5.41 Å². The molecule has 1 saturated carbocycles. The van der Waals surface area contributed by atoms with E-state index in [-0.39, 0.29) is 24.7 Å². The molecule has 1 aliphatic rings. The van der Waals surface area contributed by atoms with Gasteiger partial charge in [-0.1, -0.05) is 0 Å². The molecule has 2 atom stereocenters. The predicted molar refractivity (Wildman–Crippen MR) is 45.7 cm³/mol. The quantitative estimate of drug-likeness (QED) is 0.569. The van der Waals surface area contributed by atoms with E-state index in [9.17, 15) is 0 Å². The van der Waals surface area contributed by atoms with Crippen LogP contribution in [0.3, 0.4) is 0 Å². The van der Waals surface area contributed by atoms with E-state index >= 15 is 0 Å². The van der Waals surface area contributed by atoms with Crippen LogP contribution in [0.2, 0.25) is 0 Å². The zero-order chi connectivity index (χ0) is 10.6. The van der Waals surface area contributed by atoms with Gasteiger partial charge in [0.2, 0.25) is 0 Å². The molecule has 1 aliphatic carbocycles. The lowest BCUT2D eigenvalue weighted by atomic mass is 9.67. The molecule has 4 heteroatoms. The van der Waals surface area contributed by atoms with Crippen molar-refractivity contribution in [2.45, 2.75) is 19.3 Å². The Bertz CT molecular complexity index is 346. The second-order valence-electron chi connectivity index (χ2n) is 3.60. The minimum absolute atomic E-state index is 0.272. The number of nitrogens with zero attached hydrogens (tertiary/aromatic N) is 4. The van der Waals surface area contributed by atoms with E-state index in [2.05, 4.69) is 0 Å². The van der Waals surface area contributed by atoms with E-state index in [0.29, 0.717) is 6.42 Å². The predicted octanol–water partition coefficient (Wildman–Crippen LogP) is 1.48. The summed E-state index contributed by atoms with van der Waals surface area (Å²) in [6.45, 7) is 0. The number of hydrogen-bond donors (Lipinski definition) is 0. The first-order chi connectivity index (χ1) is 6.69. The molecular formula is C10H8N4. The van der Waals surface area contributed by atoms with Crippen LogP contribution in [0, 0.1) is 62.6 Å². The lowest BCUT2D eigenvalue weighted by molar-refractivity contribution is 0.252. The second-order valence-corrected chi connectivity index (χ2v) is 3.60. The van der Waals surface area contributed by atoms with Crippen LogP contribution in [0.15, 0.2) is 0 Å². The number of rotatable bonds is 0. The molecule has 1 rings (SSSR count). The van der Waals surface area contributed by atoms with Crippen molar-refractivity contribution in [2.75, 3.05) is 0 Å². The normalized spacial score (nSPS) is 28.9. The Labute approximate surface area is 82.6 Å².